The van der Waals surface area contributed by atoms with Gasteiger partial charge in [0.25, 0.3) is 0 Å². The van der Waals surface area contributed by atoms with E-state index in [0.717, 1.165) is 44.4 Å². The Morgan fingerprint density at radius 2 is 2.06 bits per heavy atom. The summed E-state index contributed by atoms with van der Waals surface area (Å²) in [6, 6.07) is 3.07. The van der Waals surface area contributed by atoms with Crippen molar-refractivity contribution in [3.8, 4) is 5.75 Å². The summed E-state index contributed by atoms with van der Waals surface area (Å²) < 4.78 is 47.6. The van der Waals surface area contributed by atoms with E-state index in [4.69, 9.17) is 9.84 Å². The fourth-order valence-corrected chi connectivity index (χ4v) is 7.17. The average Bonchev–Trinajstić information content (AvgIpc) is 2.76. The van der Waals surface area contributed by atoms with E-state index >= 15 is 0 Å². The van der Waals surface area contributed by atoms with Gasteiger partial charge in [0.05, 0.1) is 10.6 Å². The number of carboxylic acid groups (broad SMARTS) is 1. The first-order valence-electron chi connectivity index (χ1n) is 10.9. The van der Waals surface area contributed by atoms with Crippen molar-refractivity contribution < 1.29 is 27.4 Å². The Morgan fingerprint density at radius 1 is 1.38 bits per heavy atom. The minimum Gasteiger partial charge on any atom is -0.476 e. The lowest BCUT2D eigenvalue weighted by Gasteiger charge is -2.67. The quantitative estimate of drug-likeness (QED) is 0.336. The fourth-order valence-electron chi connectivity index (χ4n) is 5.07. The number of carbonyl (C=O) groups is 1. The summed E-state index contributed by atoms with van der Waals surface area (Å²) in [7, 11) is -2.20. The Bertz CT molecular complexity index is 1040. The second-order valence-corrected chi connectivity index (χ2v) is 11.8. The van der Waals surface area contributed by atoms with E-state index in [9.17, 15) is 17.6 Å². The summed E-state index contributed by atoms with van der Waals surface area (Å²) in [5, 5.41) is 8.76. The van der Waals surface area contributed by atoms with Crippen LogP contribution in [0.4, 0.5) is 10.1 Å². The Hall–Kier alpha value is -1.78. The van der Waals surface area contributed by atoms with Gasteiger partial charge >= 0.3 is 5.97 Å². The first-order chi connectivity index (χ1) is 15.1. The minimum atomic E-state index is -3.83. The predicted octanol–water partition coefficient (Wildman–Crippen LogP) is 4.23. The monoisotopic (exact) mass is 484 g/mol. The van der Waals surface area contributed by atoms with Crippen molar-refractivity contribution in [2.45, 2.75) is 66.8 Å². The number of hydrogen-bond acceptors (Lipinski definition) is 6. The lowest BCUT2D eigenvalue weighted by molar-refractivity contribution is -0.134. The van der Waals surface area contributed by atoms with Crippen LogP contribution in [0.25, 0.3) is 0 Å². The van der Waals surface area contributed by atoms with Gasteiger partial charge in [0.2, 0.25) is 15.9 Å². The molecule has 4 aliphatic rings. The zero-order chi connectivity index (χ0) is 23.3. The van der Waals surface area contributed by atoms with Crippen LogP contribution in [0.5, 0.6) is 5.75 Å². The molecule has 176 valence electrons. The van der Waals surface area contributed by atoms with Crippen molar-refractivity contribution in [2.75, 3.05) is 24.7 Å². The molecule has 5 rings (SSSR count). The van der Waals surface area contributed by atoms with Gasteiger partial charge in [-0.3, -0.25) is 0 Å². The number of unbranched alkanes of at least 4 members (excludes halogenated alkanes) is 1. The number of carboxylic acids is 1. The third kappa shape index (κ3) is 3.80. The van der Waals surface area contributed by atoms with E-state index in [1.54, 1.807) is 13.1 Å². The zero-order valence-electron chi connectivity index (χ0n) is 18.5. The van der Waals surface area contributed by atoms with E-state index < -0.39 is 21.8 Å². The van der Waals surface area contributed by atoms with Gasteiger partial charge in [-0.2, -0.15) is 8.70 Å². The Labute approximate surface area is 192 Å². The second kappa shape index (κ2) is 8.53. The molecule has 32 heavy (non-hydrogen) atoms. The molecule has 7 nitrogen and oxygen atoms in total. The summed E-state index contributed by atoms with van der Waals surface area (Å²) in [6.45, 7) is 2.73. The lowest BCUT2D eigenvalue weighted by atomic mass is 9.49. The molecule has 0 spiro atoms. The lowest BCUT2D eigenvalue weighted by Crippen LogP contribution is -2.69. The molecule has 1 heterocycles. The number of anilines is 1. The number of sulfonamides is 1. The maximum absolute atomic E-state index is 13.6. The molecule has 2 bridgehead atoms. The minimum absolute atomic E-state index is 0.0119. The number of ether oxygens (including phenoxy) is 1. The first-order valence-corrected chi connectivity index (χ1v) is 13.5. The molecule has 0 aromatic heterocycles. The summed E-state index contributed by atoms with van der Waals surface area (Å²) in [4.78, 5) is 13.8. The van der Waals surface area contributed by atoms with Crippen LogP contribution in [-0.2, 0) is 14.8 Å². The molecule has 1 atom stereocenters. The SMILES string of the molecule is CCCC[C@H]1CN(C23CC(C2)C3)c2cc(SC)c(O/C=C(\F)C(=O)O)cc2S(=O)(=O)N1C. The highest BCUT2D eigenvalue weighted by atomic mass is 32.2. The molecular formula is C22H29FN2O5S2. The smallest absolute Gasteiger partial charge is 0.368 e. The number of thioether (sulfide) groups is 1. The van der Waals surface area contributed by atoms with Crippen molar-refractivity contribution in [2.24, 2.45) is 5.92 Å². The van der Waals surface area contributed by atoms with Gasteiger partial charge in [-0.15, -0.1) is 11.8 Å². The molecule has 1 N–H and O–H groups in total. The molecule has 10 heteroatoms. The number of likely N-dealkylation sites (N-methyl/N-ethyl adjacent to an activating group) is 1. The molecule has 1 aromatic rings. The van der Waals surface area contributed by atoms with Crippen LogP contribution in [0.2, 0.25) is 0 Å². The highest BCUT2D eigenvalue weighted by molar-refractivity contribution is 7.98. The number of hydrogen-bond donors (Lipinski definition) is 1. The Morgan fingerprint density at radius 3 is 2.59 bits per heavy atom. The number of nitrogens with zero attached hydrogens (tertiary/aromatic N) is 2. The molecule has 0 saturated heterocycles. The van der Waals surface area contributed by atoms with Gasteiger partial charge in [-0.05, 0) is 43.9 Å². The largest absolute Gasteiger partial charge is 0.476 e. The molecule has 0 radical (unpaired) electrons. The molecule has 1 aliphatic heterocycles. The summed E-state index contributed by atoms with van der Waals surface area (Å²) in [6.07, 6.45) is 8.26. The first kappa shape index (κ1) is 23.4. The Balaban J connectivity index is 1.83. The van der Waals surface area contributed by atoms with Crippen molar-refractivity contribution in [3.05, 3.63) is 24.2 Å². The van der Waals surface area contributed by atoms with Gasteiger partial charge in [0, 0.05) is 31.2 Å². The number of fused-ring (bicyclic) bond motifs is 1. The van der Waals surface area contributed by atoms with E-state index in [1.165, 1.54) is 22.1 Å². The Kier molecular flexibility index (Phi) is 6.23. The van der Waals surface area contributed by atoms with Gasteiger partial charge in [-0.25, -0.2) is 13.2 Å². The van der Waals surface area contributed by atoms with Crippen LogP contribution < -0.4 is 9.64 Å². The number of rotatable bonds is 8. The van der Waals surface area contributed by atoms with Crippen molar-refractivity contribution in [1.82, 2.24) is 4.31 Å². The van der Waals surface area contributed by atoms with Gasteiger partial charge in [0.15, 0.2) is 0 Å². The van der Waals surface area contributed by atoms with Crippen molar-refractivity contribution in [1.29, 1.82) is 0 Å². The molecule has 3 aliphatic carbocycles. The average molecular weight is 485 g/mol. The molecule has 0 amide bonds. The summed E-state index contributed by atoms with van der Waals surface area (Å²) in [5.74, 6) is -2.35. The standard InChI is InChI=1S/C22H29FN2O5S2/c1-4-5-6-15-12-25(22-9-14(10-22)11-22)17-7-19(31-3)18(30-13-16(23)21(26)27)8-20(17)32(28,29)24(15)2/h7-8,13-15H,4-6,9-12H2,1-3H3,(H,26,27)/b16-13-/t14?,15-,22?/m0/s1. The van der Waals surface area contributed by atoms with Crippen LogP contribution in [0.15, 0.2) is 34.0 Å². The summed E-state index contributed by atoms with van der Waals surface area (Å²) in [5.41, 5.74) is 0.672. The molecule has 1 aromatic carbocycles. The highest BCUT2D eigenvalue weighted by Crippen LogP contribution is 2.62. The number of aliphatic carboxylic acids is 1. The van der Waals surface area contributed by atoms with Crippen LogP contribution in [-0.4, -0.2) is 55.2 Å². The highest BCUT2D eigenvalue weighted by Gasteiger charge is 2.61. The van der Waals surface area contributed by atoms with Crippen molar-refractivity contribution >= 4 is 33.4 Å². The van der Waals surface area contributed by atoms with Gasteiger partial charge in [-0.1, -0.05) is 19.8 Å². The fraction of sp³-hybridized carbons (Fsp3) is 0.591. The van der Waals surface area contributed by atoms with E-state index in [0.29, 0.717) is 23.4 Å². The van der Waals surface area contributed by atoms with E-state index in [-0.39, 0.29) is 22.2 Å². The van der Waals surface area contributed by atoms with E-state index in [2.05, 4.69) is 11.8 Å². The summed E-state index contributed by atoms with van der Waals surface area (Å²) >= 11 is 1.34. The van der Waals surface area contributed by atoms with Crippen LogP contribution >= 0.6 is 11.8 Å². The van der Waals surface area contributed by atoms with Gasteiger partial charge in [0.1, 0.15) is 16.9 Å². The zero-order valence-corrected chi connectivity index (χ0v) is 20.1. The normalized spacial score (nSPS) is 28.9. The maximum Gasteiger partial charge on any atom is 0.368 e. The maximum atomic E-state index is 13.6. The van der Waals surface area contributed by atoms with Crippen LogP contribution in [0.1, 0.15) is 45.4 Å². The third-order valence-corrected chi connectivity index (χ3v) is 9.76. The van der Waals surface area contributed by atoms with Crippen LogP contribution in [0.3, 0.4) is 0 Å². The van der Waals surface area contributed by atoms with Crippen LogP contribution in [0, 0.1) is 5.92 Å². The van der Waals surface area contributed by atoms with Gasteiger partial charge < -0.3 is 14.7 Å². The molecule has 0 unspecified atom stereocenters. The number of benzene rings is 1. The topological polar surface area (TPSA) is 87.1 Å². The molecular weight excluding hydrogens is 455 g/mol. The van der Waals surface area contributed by atoms with E-state index in [1.807, 2.05) is 6.26 Å². The molecule has 3 fully saturated rings. The third-order valence-electron chi connectivity index (χ3n) is 7.06. The second-order valence-electron chi connectivity index (χ2n) is 8.99. The van der Waals surface area contributed by atoms with Crippen molar-refractivity contribution in [3.63, 3.8) is 0 Å². The molecule has 3 saturated carbocycles. The number of halogens is 1. The predicted molar refractivity (Wildman–Crippen MR) is 121 cm³/mol.